The molecule has 0 spiro atoms. The van der Waals surface area contributed by atoms with Crippen molar-refractivity contribution >= 4 is 17.7 Å². The standard InChI is InChI=1S/C16H27N5O2S/c1-17-14(13-9-19-20(2)10-13)15(22)18-11-16(3-8-24-12-16)21-4-6-23-7-5-21/h9-10,14,17H,3-8,11-12H2,1-2H3,(H,18,22). The summed E-state index contributed by atoms with van der Waals surface area (Å²) in [5.74, 6) is 2.24. The van der Waals surface area contributed by atoms with Crippen LogP contribution in [0, 0.1) is 0 Å². The van der Waals surface area contributed by atoms with Crippen molar-refractivity contribution in [2.75, 3.05) is 51.4 Å². The van der Waals surface area contributed by atoms with Crippen molar-refractivity contribution in [3.8, 4) is 0 Å². The summed E-state index contributed by atoms with van der Waals surface area (Å²) in [6.07, 6.45) is 4.74. The van der Waals surface area contributed by atoms with Gasteiger partial charge in [0.2, 0.25) is 5.91 Å². The van der Waals surface area contributed by atoms with Crippen LogP contribution in [0.5, 0.6) is 0 Å². The Morgan fingerprint density at radius 2 is 2.29 bits per heavy atom. The van der Waals surface area contributed by atoms with Crippen LogP contribution in [0.1, 0.15) is 18.0 Å². The van der Waals surface area contributed by atoms with E-state index in [9.17, 15) is 4.79 Å². The second-order valence-electron chi connectivity index (χ2n) is 6.51. The summed E-state index contributed by atoms with van der Waals surface area (Å²) in [5, 5.41) is 10.4. The van der Waals surface area contributed by atoms with Gasteiger partial charge in [0, 0.05) is 49.7 Å². The van der Waals surface area contributed by atoms with Crippen molar-refractivity contribution in [2.45, 2.75) is 18.0 Å². The highest BCUT2D eigenvalue weighted by Gasteiger charge is 2.41. The Balaban J connectivity index is 1.64. The van der Waals surface area contributed by atoms with Crippen molar-refractivity contribution in [2.24, 2.45) is 7.05 Å². The van der Waals surface area contributed by atoms with Gasteiger partial charge < -0.3 is 15.4 Å². The van der Waals surface area contributed by atoms with E-state index in [4.69, 9.17) is 4.74 Å². The van der Waals surface area contributed by atoms with E-state index in [0.717, 1.165) is 49.8 Å². The molecule has 1 aromatic rings. The van der Waals surface area contributed by atoms with E-state index >= 15 is 0 Å². The number of carbonyl (C=O) groups excluding carboxylic acids is 1. The molecule has 2 N–H and O–H groups in total. The third-order valence-corrected chi connectivity index (χ3v) is 6.20. The molecule has 0 aliphatic carbocycles. The molecule has 0 radical (unpaired) electrons. The van der Waals surface area contributed by atoms with Crippen LogP contribution in [0.3, 0.4) is 0 Å². The SMILES string of the molecule is CNC(C(=O)NCC1(N2CCOCC2)CCSC1)c1cnn(C)c1. The van der Waals surface area contributed by atoms with Crippen LogP contribution in [-0.2, 0) is 16.6 Å². The minimum atomic E-state index is -0.366. The largest absolute Gasteiger partial charge is 0.379 e. The average Bonchev–Trinajstić information content (AvgIpc) is 3.25. The molecule has 2 fully saturated rings. The van der Waals surface area contributed by atoms with Crippen LogP contribution in [0.15, 0.2) is 12.4 Å². The molecule has 2 aliphatic heterocycles. The zero-order valence-corrected chi connectivity index (χ0v) is 15.3. The third-order valence-electron chi connectivity index (χ3n) is 4.97. The number of thioether (sulfide) groups is 1. The van der Waals surface area contributed by atoms with Gasteiger partial charge in [-0.1, -0.05) is 0 Å². The highest BCUT2D eigenvalue weighted by Crippen LogP contribution is 2.33. The number of ether oxygens (including phenoxy) is 1. The lowest BCUT2D eigenvalue weighted by Gasteiger charge is -2.43. The second kappa shape index (κ2) is 7.86. The average molecular weight is 353 g/mol. The fourth-order valence-corrected chi connectivity index (χ4v) is 5.00. The lowest BCUT2D eigenvalue weighted by Crippen LogP contribution is -2.59. The Hall–Kier alpha value is -1.09. The maximum absolute atomic E-state index is 12.7. The van der Waals surface area contributed by atoms with Crippen LogP contribution < -0.4 is 10.6 Å². The summed E-state index contributed by atoms with van der Waals surface area (Å²) < 4.78 is 7.21. The highest BCUT2D eigenvalue weighted by molar-refractivity contribution is 7.99. The maximum Gasteiger partial charge on any atom is 0.241 e. The number of hydrogen-bond acceptors (Lipinski definition) is 6. The van der Waals surface area contributed by atoms with Crippen molar-refractivity contribution in [3.63, 3.8) is 0 Å². The molecule has 2 atom stereocenters. The fraction of sp³-hybridized carbons (Fsp3) is 0.750. The van der Waals surface area contributed by atoms with Gasteiger partial charge in [0.05, 0.1) is 19.4 Å². The van der Waals surface area contributed by atoms with E-state index < -0.39 is 0 Å². The van der Waals surface area contributed by atoms with Gasteiger partial charge in [-0.15, -0.1) is 0 Å². The smallest absolute Gasteiger partial charge is 0.241 e. The molecule has 7 nitrogen and oxygen atoms in total. The Morgan fingerprint density at radius 1 is 1.50 bits per heavy atom. The molecule has 0 aromatic carbocycles. The number of nitrogens with zero attached hydrogens (tertiary/aromatic N) is 3. The van der Waals surface area contributed by atoms with Gasteiger partial charge in [0.25, 0.3) is 0 Å². The minimum Gasteiger partial charge on any atom is -0.379 e. The van der Waals surface area contributed by atoms with Gasteiger partial charge in [-0.25, -0.2) is 0 Å². The topological polar surface area (TPSA) is 71.4 Å². The zero-order chi connectivity index (χ0) is 17.0. The number of aromatic nitrogens is 2. The van der Waals surface area contributed by atoms with Crippen molar-refractivity contribution in [3.05, 3.63) is 18.0 Å². The van der Waals surface area contributed by atoms with Gasteiger partial charge in [0.15, 0.2) is 0 Å². The molecule has 0 saturated carbocycles. The van der Waals surface area contributed by atoms with Crippen molar-refractivity contribution < 1.29 is 9.53 Å². The van der Waals surface area contributed by atoms with Gasteiger partial charge in [-0.2, -0.15) is 16.9 Å². The van der Waals surface area contributed by atoms with E-state index in [0.29, 0.717) is 6.54 Å². The lowest BCUT2D eigenvalue weighted by atomic mass is 9.95. The number of rotatable bonds is 6. The van der Waals surface area contributed by atoms with Crippen LogP contribution >= 0.6 is 11.8 Å². The number of nitrogens with one attached hydrogen (secondary N) is 2. The monoisotopic (exact) mass is 353 g/mol. The van der Waals surface area contributed by atoms with Crippen molar-refractivity contribution in [1.82, 2.24) is 25.3 Å². The van der Waals surface area contributed by atoms with E-state index in [1.165, 1.54) is 0 Å². The normalized spacial score (nSPS) is 26.4. The first-order valence-corrected chi connectivity index (χ1v) is 9.64. The molecule has 2 unspecified atom stereocenters. The van der Waals surface area contributed by atoms with Crippen LogP contribution in [-0.4, -0.2) is 77.5 Å². The third kappa shape index (κ3) is 3.77. The Bertz CT molecular complexity index is 552. The molecule has 2 aliphatic rings. The molecule has 134 valence electrons. The molecule has 8 heteroatoms. The number of amides is 1. The van der Waals surface area contributed by atoms with Crippen LogP contribution in [0.25, 0.3) is 0 Å². The first-order chi connectivity index (χ1) is 11.6. The molecule has 1 aromatic heterocycles. The quantitative estimate of drug-likeness (QED) is 0.750. The van der Waals surface area contributed by atoms with Crippen LogP contribution in [0.2, 0.25) is 0 Å². The zero-order valence-electron chi connectivity index (χ0n) is 14.5. The molecular weight excluding hydrogens is 326 g/mol. The number of carbonyl (C=O) groups is 1. The molecule has 2 saturated heterocycles. The first kappa shape index (κ1) is 17.7. The van der Waals surface area contributed by atoms with E-state index in [2.05, 4.69) is 20.6 Å². The molecule has 0 bridgehead atoms. The predicted molar refractivity (Wildman–Crippen MR) is 95.1 cm³/mol. The van der Waals surface area contributed by atoms with Gasteiger partial charge in [0.1, 0.15) is 6.04 Å². The summed E-state index contributed by atoms with van der Waals surface area (Å²) in [6, 6.07) is -0.366. The molecule has 3 heterocycles. The fourth-order valence-electron chi connectivity index (χ4n) is 3.53. The summed E-state index contributed by atoms with van der Waals surface area (Å²) in [7, 11) is 3.66. The summed E-state index contributed by atoms with van der Waals surface area (Å²) in [4.78, 5) is 15.2. The second-order valence-corrected chi connectivity index (χ2v) is 7.62. The maximum atomic E-state index is 12.7. The lowest BCUT2D eigenvalue weighted by molar-refractivity contribution is -0.124. The minimum absolute atomic E-state index is 0.00929. The summed E-state index contributed by atoms with van der Waals surface area (Å²) in [5.41, 5.74) is 0.955. The van der Waals surface area contributed by atoms with Gasteiger partial charge >= 0.3 is 0 Å². The number of morpholine rings is 1. The van der Waals surface area contributed by atoms with Gasteiger partial charge in [-0.05, 0) is 19.2 Å². The Morgan fingerprint density at radius 3 is 2.88 bits per heavy atom. The predicted octanol–water partition coefficient (Wildman–Crippen LogP) is 0.00470. The summed E-state index contributed by atoms with van der Waals surface area (Å²) >= 11 is 1.98. The van der Waals surface area contributed by atoms with Crippen LogP contribution in [0.4, 0.5) is 0 Å². The highest BCUT2D eigenvalue weighted by atomic mass is 32.2. The first-order valence-electron chi connectivity index (χ1n) is 8.49. The van der Waals surface area contributed by atoms with E-state index in [1.54, 1.807) is 17.9 Å². The number of likely N-dealkylation sites (N-methyl/N-ethyl adjacent to an activating group) is 1. The number of aryl methyl sites for hydroxylation is 1. The van der Waals surface area contributed by atoms with Gasteiger partial charge in [-0.3, -0.25) is 14.4 Å². The van der Waals surface area contributed by atoms with E-state index in [-0.39, 0.29) is 17.5 Å². The molecule has 1 amide bonds. The number of hydrogen-bond donors (Lipinski definition) is 2. The Kier molecular flexibility index (Phi) is 5.80. The molecular formula is C16H27N5O2S. The molecule has 3 rings (SSSR count). The molecule has 24 heavy (non-hydrogen) atoms. The summed E-state index contributed by atoms with van der Waals surface area (Å²) in [6.45, 7) is 4.17. The Labute approximate surface area is 147 Å². The van der Waals surface area contributed by atoms with E-state index in [1.807, 2.05) is 25.0 Å². The van der Waals surface area contributed by atoms with Crippen molar-refractivity contribution in [1.29, 1.82) is 0 Å².